The monoisotopic (exact) mass is 302 g/mol. The molecule has 118 valence electrons. The summed E-state index contributed by atoms with van der Waals surface area (Å²) in [7, 11) is 1.79. The SMILES string of the molecule is CN1CC[C@H](C(=O)N2CCO[C@@H](c3ccccc3)C2)CC1=O. The second-order valence-electron chi connectivity index (χ2n) is 6.06. The van der Waals surface area contributed by atoms with Crippen molar-refractivity contribution in [3.8, 4) is 0 Å². The number of carbonyl (C=O) groups excluding carboxylic acids is 2. The van der Waals surface area contributed by atoms with Gasteiger partial charge in [-0.25, -0.2) is 0 Å². The van der Waals surface area contributed by atoms with E-state index < -0.39 is 0 Å². The molecule has 2 atom stereocenters. The second kappa shape index (κ2) is 6.48. The Hall–Kier alpha value is -1.88. The third-order valence-corrected chi connectivity index (χ3v) is 4.56. The van der Waals surface area contributed by atoms with Gasteiger partial charge >= 0.3 is 0 Å². The van der Waals surface area contributed by atoms with Crippen LogP contribution in [-0.2, 0) is 14.3 Å². The quantitative estimate of drug-likeness (QED) is 0.831. The van der Waals surface area contributed by atoms with Crippen molar-refractivity contribution in [3.05, 3.63) is 35.9 Å². The maximum atomic E-state index is 12.7. The van der Waals surface area contributed by atoms with Gasteiger partial charge in [0.25, 0.3) is 0 Å². The van der Waals surface area contributed by atoms with Gasteiger partial charge in [-0.3, -0.25) is 9.59 Å². The predicted molar refractivity (Wildman–Crippen MR) is 82.1 cm³/mol. The smallest absolute Gasteiger partial charge is 0.226 e. The molecule has 2 saturated heterocycles. The molecule has 0 saturated carbocycles. The highest BCUT2D eigenvalue weighted by molar-refractivity contribution is 5.87. The Morgan fingerprint density at radius 2 is 2.00 bits per heavy atom. The van der Waals surface area contributed by atoms with E-state index in [-0.39, 0.29) is 23.8 Å². The van der Waals surface area contributed by atoms with Crippen LogP contribution >= 0.6 is 0 Å². The Bertz CT molecular complexity index is 546. The van der Waals surface area contributed by atoms with Crippen molar-refractivity contribution in [1.29, 1.82) is 0 Å². The molecule has 0 bridgehead atoms. The number of piperidine rings is 1. The Labute approximate surface area is 130 Å². The van der Waals surface area contributed by atoms with Gasteiger partial charge in [-0.1, -0.05) is 30.3 Å². The molecule has 0 aromatic heterocycles. The summed E-state index contributed by atoms with van der Waals surface area (Å²) < 4.78 is 5.80. The molecule has 0 spiro atoms. The molecule has 1 aromatic rings. The van der Waals surface area contributed by atoms with Gasteiger partial charge in [0.2, 0.25) is 11.8 Å². The first-order valence-electron chi connectivity index (χ1n) is 7.84. The van der Waals surface area contributed by atoms with Crippen LogP contribution in [0.15, 0.2) is 30.3 Å². The van der Waals surface area contributed by atoms with Gasteiger partial charge in [0.1, 0.15) is 6.10 Å². The molecular formula is C17H22N2O3. The van der Waals surface area contributed by atoms with E-state index in [1.54, 1.807) is 11.9 Å². The zero-order valence-corrected chi connectivity index (χ0v) is 12.9. The molecule has 22 heavy (non-hydrogen) atoms. The third-order valence-electron chi connectivity index (χ3n) is 4.56. The van der Waals surface area contributed by atoms with Crippen LogP contribution in [-0.4, -0.2) is 54.9 Å². The van der Waals surface area contributed by atoms with E-state index in [1.165, 1.54) is 0 Å². The molecule has 2 aliphatic heterocycles. The Morgan fingerprint density at radius 1 is 1.23 bits per heavy atom. The first-order chi connectivity index (χ1) is 10.6. The molecule has 5 heteroatoms. The molecule has 2 aliphatic rings. The van der Waals surface area contributed by atoms with Crippen molar-refractivity contribution >= 4 is 11.8 Å². The summed E-state index contributed by atoms with van der Waals surface area (Å²) in [5, 5.41) is 0. The number of morpholine rings is 1. The van der Waals surface area contributed by atoms with Crippen LogP contribution in [0.4, 0.5) is 0 Å². The van der Waals surface area contributed by atoms with E-state index in [4.69, 9.17) is 4.74 Å². The van der Waals surface area contributed by atoms with E-state index in [2.05, 4.69) is 0 Å². The van der Waals surface area contributed by atoms with Crippen molar-refractivity contribution in [1.82, 2.24) is 9.80 Å². The number of benzene rings is 1. The fourth-order valence-electron chi connectivity index (χ4n) is 3.13. The molecule has 5 nitrogen and oxygen atoms in total. The standard InChI is InChI=1S/C17H22N2O3/c1-18-8-7-14(11-16(18)20)17(21)19-9-10-22-15(12-19)13-5-3-2-4-6-13/h2-6,14-15H,7-12H2,1H3/t14-,15+/m0/s1. The van der Waals surface area contributed by atoms with Crippen LogP contribution in [0.1, 0.15) is 24.5 Å². The molecule has 0 N–H and O–H groups in total. The lowest BCUT2D eigenvalue weighted by Crippen LogP contribution is -2.48. The van der Waals surface area contributed by atoms with Crippen LogP contribution in [0.5, 0.6) is 0 Å². The normalized spacial score (nSPS) is 26.1. The van der Waals surface area contributed by atoms with Crippen molar-refractivity contribution in [2.45, 2.75) is 18.9 Å². The van der Waals surface area contributed by atoms with Gasteiger partial charge in [-0.05, 0) is 12.0 Å². The number of hydrogen-bond donors (Lipinski definition) is 0. The topological polar surface area (TPSA) is 49.9 Å². The molecule has 2 heterocycles. The molecule has 1 aromatic carbocycles. The van der Waals surface area contributed by atoms with Crippen molar-refractivity contribution in [2.24, 2.45) is 5.92 Å². The lowest BCUT2D eigenvalue weighted by atomic mass is 9.94. The fourth-order valence-corrected chi connectivity index (χ4v) is 3.13. The highest BCUT2D eigenvalue weighted by atomic mass is 16.5. The van der Waals surface area contributed by atoms with E-state index in [1.807, 2.05) is 35.2 Å². The molecule has 0 aliphatic carbocycles. The van der Waals surface area contributed by atoms with Gasteiger partial charge in [0.05, 0.1) is 13.2 Å². The van der Waals surface area contributed by atoms with Gasteiger partial charge in [0.15, 0.2) is 0 Å². The van der Waals surface area contributed by atoms with E-state index in [9.17, 15) is 9.59 Å². The van der Waals surface area contributed by atoms with Crippen LogP contribution in [0.2, 0.25) is 0 Å². The summed E-state index contributed by atoms with van der Waals surface area (Å²) in [6.07, 6.45) is 1.03. The van der Waals surface area contributed by atoms with Crippen LogP contribution < -0.4 is 0 Å². The van der Waals surface area contributed by atoms with Crippen molar-refractivity contribution in [2.75, 3.05) is 33.3 Å². The highest BCUT2D eigenvalue weighted by Gasteiger charge is 2.34. The molecule has 2 fully saturated rings. The summed E-state index contributed by atoms with van der Waals surface area (Å²) in [6, 6.07) is 9.99. The number of nitrogens with zero attached hydrogens (tertiary/aromatic N) is 2. The maximum absolute atomic E-state index is 12.7. The second-order valence-corrected chi connectivity index (χ2v) is 6.06. The number of likely N-dealkylation sites (tertiary alicyclic amines) is 1. The first kappa shape index (κ1) is 15.0. The lowest BCUT2D eigenvalue weighted by Gasteiger charge is -2.37. The number of hydrogen-bond acceptors (Lipinski definition) is 3. The predicted octanol–water partition coefficient (Wildman–Crippen LogP) is 1.45. The summed E-state index contributed by atoms with van der Waals surface area (Å²) in [6.45, 7) is 2.40. The minimum atomic E-state index is -0.168. The fraction of sp³-hybridized carbons (Fsp3) is 0.529. The summed E-state index contributed by atoms with van der Waals surface area (Å²) in [5.74, 6) is 0.00127. The highest BCUT2D eigenvalue weighted by Crippen LogP contribution is 2.25. The van der Waals surface area contributed by atoms with Gasteiger partial charge in [-0.2, -0.15) is 0 Å². The summed E-state index contributed by atoms with van der Waals surface area (Å²) in [5.41, 5.74) is 1.10. The zero-order valence-electron chi connectivity index (χ0n) is 12.9. The van der Waals surface area contributed by atoms with Crippen LogP contribution in [0.25, 0.3) is 0 Å². The van der Waals surface area contributed by atoms with Crippen LogP contribution in [0, 0.1) is 5.92 Å². The maximum Gasteiger partial charge on any atom is 0.226 e. The molecule has 0 unspecified atom stereocenters. The van der Waals surface area contributed by atoms with E-state index in [0.717, 1.165) is 12.0 Å². The summed E-state index contributed by atoms with van der Waals surface area (Å²) >= 11 is 0. The number of carbonyl (C=O) groups is 2. The minimum absolute atomic E-state index is 0.0671. The largest absolute Gasteiger partial charge is 0.370 e. The first-order valence-corrected chi connectivity index (χ1v) is 7.84. The molecular weight excluding hydrogens is 280 g/mol. The number of amides is 2. The zero-order chi connectivity index (χ0) is 15.5. The molecule has 2 amide bonds. The van der Waals surface area contributed by atoms with Gasteiger partial charge in [-0.15, -0.1) is 0 Å². The molecule has 3 rings (SSSR count). The van der Waals surface area contributed by atoms with Gasteiger partial charge < -0.3 is 14.5 Å². The Balaban J connectivity index is 1.64. The molecule has 0 radical (unpaired) electrons. The Morgan fingerprint density at radius 3 is 2.73 bits per heavy atom. The van der Waals surface area contributed by atoms with Crippen molar-refractivity contribution in [3.63, 3.8) is 0 Å². The minimum Gasteiger partial charge on any atom is -0.370 e. The lowest BCUT2D eigenvalue weighted by molar-refractivity contribution is -0.149. The summed E-state index contributed by atoms with van der Waals surface area (Å²) in [4.78, 5) is 28.1. The Kier molecular flexibility index (Phi) is 4.43. The number of rotatable bonds is 2. The van der Waals surface area contributed by atoms with E-state index >= 15 is 0 Å². The third kappa shape index (κ3) is 3.14. The number of ether oxygens (including phenoxy) is 1. The van der Waals surface area contributed by atoms with Crippen LogP contribution in [0.3, 0.4) is 0 Å². The van der Waals surface area contributed by atoms with E-state index in [0.29, 0.717) is 32.7 Å². The average molecular weight is 302 g/mol. The average Bonchev–Trinajstić information content (AvgIpc) is 2.57. The van der Waals surface area contributed by atoms with Gasteiger partial charge in [0, 0.05) is 32.5 Å². The van der Waals surface area contributed by atoms with Crippen molar-refractivity contribution < 1.29 is 14.3 Å².